The normalized spacial score (nSPS) is 13.9. The number of hydrogen-bond donors (Lipinski definition) is 2. The van der Waals surface area contributed by atoms with Crippen LogP contribution in [-0.4, -0.2) is 31.4 Å². The number of nitrogens with one attached hydrogen (secondary N) is 1. The first kappa shape index (κ1) is 19.8. The summed E-state index contributed by atoms with van der Waals surface area (Å²) >= 11 is 0. The molecule has 3 aromatic rings. The van der Waals surface area contributed by atoms with Gasteiger partial charge in [-0.25, -0.2) is 0 Å². The van der Waals surface area contributed by atoms with Crippen molar-refractivity contribution < 1.29 is 18.3 Å². The van der Waals surface area contributed by atoms with Crippen LogP contribution in [0.4, 0.5) is 24.5 Å². The highest BCUT2D eigenvalue weighted by Gasteiger charge is 2.30. The molecule has 2 aromatic carbocycles. The Hall–Kier alpha value is -2.94. The SMILES string of the molecule is C[C@H](O)[C@@H](C)Cn1nnc(-c2ccccc2Nc2ccc(C(F)(F)F)cc2)n1. The number of tetrazole rings is 1. The van der Waals surface area contributed by atoms with Gasteiger partial charge in [0, 0.05) is 22.9 Å². The smallest absolute Gasteiger partial charge is 0.393 e. The predicted octanol–water partition coefficient (Wildman–Crippen LogP) is 4.12. The zero-order chi connectivity index (χ0) is 20.3. The summed E-state index contributed by atoms with van der Waals surface area (Å²) in [5.41, 5.74) is 1.11. The predicted molar refractivity (Wildman–Crippen MR) is 98.8 cm³/mol. The minimum absolute atomic E-state index is 0.0393. The van der Waals surface area contributed by atoms with E-state index in [0.717, 1.165) is 12.1 Å². The van der Waals surface area contributed by atoms with E-state index < -0.39 is 17.8 Å². The van der Waals surface area contributed by atoms with Crippen molar-refractivity contribution >= 4 is 11.4 Å². The van der Waals surface area contributed by atoms with E-state index in [-0.39, 0.29) is 5.92 Å². The quantitative estimate of drug-likeness (QED) is 0.661. The van der Waals surface area contributed by atoms with Gasteiger partial charge in [0.05, 0.1) is 18.2 Å². The van der Waals surface area contributed by atoms with Crippen molar-refractivity contribution in [3.8, 4) is 11.4 Å². The molecule has 0 aliphatic heterocycles. The first-order valence-electron chi connectivity index (χ1n) is 8.73. The van der Waals surface area contributed by atoms with Crippen molar-refractivity contribution in [1.82, 2.24) is 20.2 Å². The molecule has 0 bridgehead atoms. The number of aliphatic hydroxyl groups is 1. The molecule has 0 aliphatic rings. The zero-order valence-electron chi connectivity index (χ0n) is 15.4. The Bertz CT molecular complexity index is 922. The summed E-state index contributed by atoms with van der Waals surface area (Å²) in [6.07, 6.45) is -4.87. The minimum atomic E-state index is -4.37. The molecule has 0 radical (unpaired) electrons. The maximum Gasteiger partial charge on any atom is 0.416 e. The number of aliphatic hydroxyl groups excluding tert-OH is 1. The van der Waals surface area contributed by atoms with Crippen LogP contribution < -0.4 is 5.32 Å². The standard InChI is InChI=1S/C19H20F3N5O/c1-12(13(2)28)11-27-25-18(24-26-27)16-5-3-4-6-17(16)23-15-9-7-14(8-10-15)19(20,21)22/h3-10,12-13,23,28H,11H2,1-2H3/t12-,13-/m0/s1. The minimum Gasteiger partial charge on any atom is -0.393 e. The third-order valence-corrected chi connectivity index (χ3v) is 4.39. The molecule has 0 saturated carbocycles. The van der Waals surface area contributed by atoms with E-state index in [1.807, 2.05) is 13.0 Å². The number of rotatable bonds is 6. The summed E-state index contributed by atoms with van der Waals surface area (Å²) in [5.74, 6) is 0.343. The molecular weight excluding hydrogens is 371 g/mol. The summed E-state index contributed by atoms with van der Waals surface area (Å²) in [6.45, 7) is 4.00. The fourth-order valence-electron chi connectivity index (χ4n) is 2.52. The van der Waals surface area contributed by atoms with Gasteiger partial charge in [0.2, 0.25) is 5.82 Å². The van der Waals surface area contributed by atoms with Crippen molar-refractivity contribution in [2.45, 2.75) is 32.7 Å². The fraction of sp³-hybridized carbons (Fsp3) is 0.316. The van der Waals surface area contributed by atoms with E-state index in [1.54, 1.807) is 25.1 Å². The van der Waals surface area contributed by atoms with Gasteiger partial charge in [-0.1, -0.05) is 19.1 Å². The molecule has 1 aromatic heterocycles. The molecule has 0 aliphatic carbocycles. The van der Waals surface area contributed by atoms with Gasteiger partial charge in [0.15, 0.2) is 0 Å². The summed E-state index contributed by atoms with van der Waals surface area (Å²) in [4.78, 5) is 1.42. The highest BCUT2D eigenvalue weighted by atomic mass is 19.4. The number of nitrogens with zero attached hydrogens (tertiary/aromatic N) is 4. The Morgan fingerprint density at radius 3 is 2.39 bits per heavy atom. The number of alkyl halides is 3. The zero-order valence-corrected chi connectivity index (χ0v) is 15.4. The van der Waals surface area contributed by atoms with Crippen LogP contribution in [0.5, 0.6) is 0 Å². The first-order valence-corrected chi connectivity index (χ1v) is 8.73. The van der Waals surface area contributed by atoms with Crippen LogP contribution in [-0.2, 0) is 12.7 Å². The number of para-hydroxylation sites is 1. The second kappa shape index (κ2) is 7.97. The van der Waals surface area contributed by atoms with Gasteiger partial charge in [-0.2, -0.15) is 18.0 Å². The first-order chi connectivity index (χ1) is 13.2. The Morgan fingerprint density at radius 1 is 1.07 bits per heavy atom. The molecule has 28 heavy (non-hydrogen) atoms. The summed E-state index contributed by atoms with van der Waals surface area (Å²) in [5, 5.41) is 25.1. The van der Waals surface area contributed by atoms with E-state index in [2.05, 4.69) is 20.7 Å². The highest BCUT2D eigenvalue weighted by molar-refractivity contribution is 5.77. The lowest BCUT2D eigenvalue weighted by atomic mass is 10.1. The molecule has 2 N–H and O–H groups in total. The lowest BCUT2D eigenvalue weighted by Crippen LogP contribution is -2.20. The molecule has 2 atom stereocenters. The Kier molecular flexibility index (Phi) is 5.64. The van der Waals surface area contributed by atoms with Gasteiger partial charge >= 0.3 is 6.18 Å². The number of anilines is 2. The average molecular weight is 391 g/mol. The van der Waals surface area contributed by atoms with E-state index in [9.17, 15) is 18.3 Å². The Morgan fingerprint density at radius 2 is 1.75 bits per heavy atom. The molecule has 1 heterocycles. The molecule has 6 nitrogen and oxygen atoms in total. The monoisotopic (exact) mass is 391 g/mol. The second-order valence-electron chi connectivity index (χ2n) is 6.63. The Balaban J connectivity index is 1.81. The molecule has 148 valence electrons. The van der Waals surface area contributed by atoms with E-state index in [1.165, 1.54) is 16.9 Å². The lowest BCUT2D eigenvalue weighted by Gasteiger charge is -2.13. The van der Waals surface area contributed by atoms with Crippen molar-refractivity contribution in [3.63, 3.8) is 0 Å². The number of aromatic nitrogens is 4. The topological polar surface area (TPSA) is 75.9 Å². The summed E-state index contributed by atoms with van der Waals surface area (Å²) in [7, 11) is 0. The third kappa shape index (κ3) is 4.66. The molecule has 0 amide bonds. The van der Waals surface area contributed by atoms with Crippen LogP contribution >= 0.6 is 0 Å². The second-order valence-corrected chi connectivity index (χ2v) is 6.63. The molecular formula is C19H20F3N5O. The molecule has 9 heteroatoms. The maximum atomic E-state index is 12.7. The van der Waals surface area contributed by atoms with Gasteiger partial charge in [-0.05, 0) is 48.5 Å². The summed E-state index contributed by atoms with van der Waals surface area (Å²) < 4.78 is 38.1. The van der Waals surface area contributed by atoms with Crippen LogP contribution in [0.1, 0.15) is 19.4 Å². The number of benzene rings is 2. The van der Waals surface area contributed by atoms with Crippen LogP contribution in [0.25, 0.3) is 11.4 Å². The van der Waals surface area contributed by atoms with E-state index in [4.69, 9.17) is 0 Å². The Labute approximate surface area is 160 Å². The van der Waals surface area contributed by atoms with E-state index in [0.29, 0.717) is 29.3 Å². The van der Waals surface area contributed by atoms with Gasteiger partial charge in [-0.3, -0.25) is 0 Å². The van der Waals surface area contributed by atoms with Crippen molar-refractivity contribution in [2.24, 2.45) is 5.92 Å². The number of hydrogen-bond acceptors (Lipinski definition) is 5. The number of halogens is 3. The molecule has 0 spiro atoms. The molecule has 0 unspecified atom stereocenters. The van der Waals surface area contributed by atoms with E-state index >= 15 is 0 Å². The summed E-state index contributed by atoms with van der Waals surface area (Å²) in [6, 6.07) is 12.0. The van der Waals surface area contributed by atoms with Gasteiger partial charge in [0.1, 0.15) is 0 Å². The van der Waals surface area contributed by atoms with Crippen molar-refractivity contribution in [1.29, 1.82) is 0 Å². The fourth-order valence-corrected chi connectivity index (χ4v) is 2.52. The largest absolute Gasteiger partial charge is 0.416 e. The van der Waals surface area contributed by atoms with Crippen LogP contribution in [0.2, 0.25) is 0 Å². The van der Waals surface area contributed by atoms with Crippen LogP contribution in [0, 0.1) is 5.92 Å². The lowest BCUT2D eigenvalue weighted by molar-refractivity contribution is -0.137. The average Bonchev–Trinajstić information content (AvgIpc) is 3.10. The van der Waals surface area contributed by atoms with Crippen molar-refractivity contribution in [2.75, 3.05) is 5.32 Å². The third-order valence-electron chi connectivity index (χ3n) is 4.39. The van der Waals surface area contributed by atoms with Crippen molar-refractivity contribution in [3.05, 3.63) is 54.1 Å². The maximum absolute atomic E-state index is 12.7. The molecule has 0 saturated heterocycles. The van der Waals surface area contributed by atoms with Crippen LogP contribution in [0.15, 0.2) is 48.5 Å². The molecule has 0 fully saturated rings. The van der Waals surface area contributed by atoms with Gasteiger partial charge in [0.25, 0.3) is 0 Å². The van der Waals surface area contributed by atoms with Crippen LogP contribution in [0.3, 0.4) is 0 Å². The van der Waals surface area contributed by atoms with Gasteiger partial charge in [-0.15, -0.1) is 10.2 Å². The highest BCUT2D eigenvalue weighted by Crippen LogP contribution is 2.32. The van der Waals surface area contributed by atoms with Gasteiger partial charge < -0.3 is 10.4 Å². The molecule has 3 rings (SSSR count).